The topological polar surface area (TPSA) is 73.3 Å². The minimum absolute atomic E-state index is 0. The van der Waals surface area contributed by atoms with E-state index in [-0.39, 0.29) is 23.7 Å². The molecule has 0 radical (unpaired) electrons. The van der Waals surface area contributed by atoms with E-state index in [1.54, 1.807) is 7.05 Å². The Morgan fingerprint density at radius 1 is 1.35 bits per heavy atom. The Morgan fingerprint density at radius 3 is 2.45 bits per heavy atom. The number of aromatic nitrogens is 2. The first-order valence-electron chi connectivity index (χ1n) is 6.62. The van der Waals surface area contributed by atoms with E-state index >= 15 is 0 Å². The molecule has 1 atom stereocenters. The number of halogens is 1. The van der Waals surface area contributed by atoms with Crippen LogP contribution in [0.15, 0.2) is 15.7 Å². The third-order valence-corrected chi connectivity index (χ3v) is 4.01. The van der Waals surface area contributed by atoms with Crippen LogP contribution in [0.5, 0.6) is 0 Å². The lowest BCUT2D eigenvalue weighted by Crippen LogP contribution is -2.43. The molecule has 0 saturated heterocycles. The highest BCUT2D eigenvalue weighted by Crippen LogP contribution is 2.34. The zero-order valence-electron chi connectivity index (χ0n) is 12.2. The monoisotopic (exact) mass is 302 g/mol. The summed E-state index contributed by atoms with van der Waals surface area (Å²) >= 11 is 0. The fourth-order valence-corrected chi connectivity index (χ4v) is 2.52. The van der Waals surface area contributed by atoms with E-state index in [0.29, 0.717) is 25.0 Å². The van der Waals surface area contributed by atoms with E-state index in [0.717, 1.165) is 10.3 Å². The molecule has 114 valence electrons. The molecule has 1 aliphatic carbocycles. The standard InChI is InChI=1S/C13H22N4O2.ClH/c1-15(11(7-14)9-4-5-9)8-10-6-12(18)17(3)13(19)16(10)2;/h6,9,11H,4-5,7-8,14H2,1-3H3;1H. The minimum atomic E-state index is -0.286. The lowest BCUT2D eigenvalue weighted by Gasteiger charge is -2.27. The number of rotatable bonds is 5. The molecule has 1 aromatic heterocycles. The molecule has 0 aromatic carbocycles. The Bertz CT molecular complexity index is 577. The quantitative estimate of drug-likeness (QED) is 0.809. The van der Waals surface area contributed by atoms with Crippen LogP contribution in [0.1, 0.15) is 18.5 Å². The van der Waals surface area contributed by atoms with Crippen LogP contribution < -0.4 is 17.0 Å². The molecule has 0 spiro atoms. The van der Waals surface area contributed by atoms with Gasteiger partial charge in [0.25, 0.3) is 5.56 Å². The molecule has 2 rings (SSSR count). The number of hydrogen-bond donors (Lipinski definition) is 1. The van der Waals surface area contributed by atoms with Crippen LogP contribution in [0.2, 0.25) is 0 Å². The van der Waals surface area contributed by atoms with Gasteiger partial charge in [0, 0.05) is 45.0 Å². The first kappa shape index (κ1) is 16.9. The van der Waals surface area contributed by atoms with Crippen LogP contribution >= 0.6 is 12.4 Å². The van der Waals surface area contributed by atoms with Crippen molar-refractivity contribution >= 4 is 12.4 Å². The molecule has 1 heterocycles. The maximum Gasteiger partial charge on any atom is 0.330 e. The predicted molar refractivity (Wildman–Crippen MR) is 81.2 cm³/mol. The van der Waals surface area contributed by atoms with Crippen molar-refractivity contribution in [1.29, 1.82) is 0 Å². The zero-order valence-corrected chi connectivity index (χ0v) is 13.0. The van der Waals surface area contributed by atoms with Crippen molar-refractivity contribution in [2.75, 3.05) is 13.6 Å². The molecular formula is C13H23ClN4O2. The van der Waals surface area contributed by atoms with Gasteiger partial charge in [0.15, 0.2) is 0 Å². The van der Waals surface area contributed by atoms with Gasteiger partial charge in [-0.2, -0.15) is 0 Å². The molecule has 1 saturated carbocycles. The highest BCUT2D eigenvalue weighted by atomic mass is 35.5. The molecule has 1 fully saturated rings. The number of nitrogens with two attached hydrogens (primary N) is 1. The predicted octanol–water partition coefficient (Wildman–Crippen LogP) is -0.325. The van der Waals surface area contributed by atoms with Crippen molar-refractivity contribution in [1.82, 2.24) is 14.0 Å². The maximum atomic E-state index is 11.9. The fraction of sp³-hybridized carbons (Fsp3) is 0.692. The summed E-state index contributed by atoms with van der Waals surface area (Å²) in [6.07, 6.45) is 2.45. The van der Waals surface area contributed by atoms with Gasteiger partial charge in [0.05, 0.1) is 0 Å². The van der Waals surface area contributed by atoms with Crippen molar-refractivity contribution < 1.29 is 0 Å². The summed E-state index contributed by atoms with van der Waals surface area (Å²) in [7, 11) is 5.18. The van der Waals surface area contributed by atoms with E-state index in [1.807, 2.05) is 7.05 Å². The summed E-state index contributed by atoms with van der Waals surface area (Å²) in [5.74, 6) is 0.665. The highest BCUT2D eigenvalue weighted by Gasteiger charge is 2.32. The Hall–Kier alpha value is -1.11. The fourth-order valence-electron chi connectivity index (χ4n) is 2.52. The number of hydrogen-bond acceptors (Lipinski definition) is 4. The van der Waals surface area contributed by atoms with Gasteiger partial charge >= 0.3 is 5.69 Å². The zero-order chi connectivity index (χ0) is 14.2. The first-order chi connectivity index (χ1) is 8.95. The van der Waals surface area contributed by atoms with Gasteiger partial charge in [-0.15, -0.1) is 12.4 Å². The lowest BCUT2D eigenvalue weighted by atomic mass is 10.1. The van der Waals surface area contributed by atoms with Gasteiger partial charge in [0.2, 0.25) is 0 Å². The summed E-state index contributed by atoms with van der Waals surface area (Å²) in [6.45, 7) is 1.18. The molecule has 2 N–H and O–H groups in total. The molecule has 7 heteroatoms. The maximum absolute atomic E-state index is 11.9. The average Bonchev–Trinajstić information content (AvgIpc) is 3.19. The molecule has 1 aromatic rings. The molecule has 1 unspecified atom stereocenters. The first-order valence-corrected chi connectivity index (χ1v) is 6.62. The van der Waals surface area contributed by atoms with Crippen molar-refractivity contribution in [2.45, 2.75) is 25.4 Å². The van der Waals surface area contributed by atoms with E-state index in [9.17, 15) is 9.59 Å². The van der Waals surface area contributed by atoms with E-state index < -0.39 is 0 Å². The van der Waals surface area contributed by atoms with Crippen LogP contribution in [-0.4, -0.2) is 33.7 Å². The van der Waals surface area contributed by atoms with E-state index in [4.69, 9.17) is 5.73 Å². The van der Waals surface area contributed by atoms with Crippen LogP contribution in [0.25, 0.3) is 0 Å². The highest BCUT2D eigenvalue weighted by molar-refractivity contribution is 5.85. The lowest BCUT2D eigenvalue weighted by molar-refractivity contribution is 0.210. The van der Waals surface area contributed by atoms with Crippen molar-refractivity contribution in [3.63, 3.8) is 0 Å². The summed E-state index contributed by atoms with van der Waals surface area (Å²) in [5, 5.41) is 0. The number of likely N-dealkylation sites (N-methyl/N-ethyl adjacent to an activating group) is 1. The van der Waals surface area contributed by atoms with Gasteiger partial charge < -0.3 is 5.73 Å². The van der Waals surface area contributed by atoms with Crippen molar-refractivity contribution in [3.05, 3.63) is 32.6 Å². The Morgan fingerprint density at radius 2 is 1.95 bits per heavy atom. The molecule has 20 heavy (non-hydrogen) atoms. The van der Waals surface area contributed by atoms with E-state index in [1.165, 1.54) is 30.5 Å². The Kier molecular flexibility index (Phi) is 5.56. The third-order valence-electron chi connectivity index (χ3n) is 4.01. The van der Waals surface area contributed by atoms with Crippen LogP contribution in [0, 0.1) is 5.92 Å². The van der Waals surface area contributed by atoms with E-state index in [2.05, 4.69) is 4.90 Å². The minimum Gasteiger partial charge on any atom is -0.329 e. The number of nitrogens with zero attached hydrogens (tertiary/aromatic N) is 3. The molecule has 1 aliphatic rings. The van der Waals surface area contributed by atoms with Gasteiger partial charge in [-0.05, 0) is 25.8 Å². The van der Waals surface area contributed by atoms with Gasteiger partial charge in [-0.1, -0.05) is 0 Å². The molecule has 6 nitrogen and oxygen atoms in total. The third kappa shape index (κ3) is 3.31. The van der Waals surface area contributed by atoms with Gasteiger partial charge in [0.1, 0.15) is 0 Å². The largest absolute Gasteiger partial charge is 0.330 e. The molecule has 0 aliphatic heterocycles. The second-order valence-corrected chi connectivity index (χ2v) is 5.43. The summed E-state index contributed by atoms with van der Waals surface area (Å²) < 4.78 is 2.64. The Balaban J connectivity index is 0.00000200. The second kappa shape index (κ2) is 6.56. The van der Waals surface area contributed by atoms with Crippen LogP contribution in [0.4, 0.5) is 0 Å². The SMILES string of the molecule is CN(Cc1cc(=O)n(C)c(=O)n1C)C(CN)C1CC1.Cl. The summed E-state index contributed by atoms with van der Waals surface area (Å²) in [4.78, 5) is 25.7. The van der Waals surface area contributed by atoms with Crippen LogP contribution in [-0.2, 0) is 20.6 Å². The van der Waals surface area contributed by atoms with Gasteiger partial charge in [-0.25, -0.2) is 4.79 Å². The molecule has 0 bridgehead atoms. The Labute approximate surface area is 124 Å². The molecular weight excluding hydrogens is 280 g/mol. The summed E-state index contributed by atoms with van der Waals surface area (Å²) in [5.41, 5.74) is 6.00. The second-order valence-electron chi connectivity index (χ2n) is 5.43. The van der Waals surface area contributed by atoms with Crippen LogP contribution in [0.3, 0.4) is 0 Å². The average molecular weight is 303 g/mol. The normalized spacial score (nSPS) is 16.1. The van der Waals surface area contributed by atoms with Gasteiger partial charge in [-0.3, -0.25) is 18.8 Å². The molecule has 0 amide bonds. The van der Waals surface area contributed by atoms with Crippen molar-refractivity contribution in [3.8, 4) is 0 Å². The van der Waals surface area contributed by atoms with Crippen molar-refractivity contribution in [2.24, 2.45) is 25.7 Å². The summed E-state index contributed by atoms with van der Waals surface area (Å²) in [6, 6.07) is 1.86. The smallest absolute Gasteiger partial charge is 0.329 e.